The van der Waals surface area contributed by atoms with E-state index in [4.69, 9.17) is 4.42 Å². The van der Waals surface area contributed by atoms with Crippen molar-refractivity contribution in [3.8, 4) is 11.6 Å². The van der Waals surface area contributed by atoms with Crippen molar-refractivity contribution in [2.75, 3.05) is 25.2 Å². The van der Waals surface area contributed by atoms with E-state index in [-0.39, 0.29) is 17.6 Å². The molecule has 0 aliphatic carbocycles. The first kappa shape index (κ1) is 20.6. The number of nitrogens with one attached hydrogen (secondary N) is 1. The van der Waals surface area contributed by atoms with Crippen LogP contribution in [0.4, 0.5) is 5.13 Å². The Balaban J connectivity index is 1.62. The van der Waals surface area contributed by atoms with Gasteiger partial charge in [0, 0.05) is 21.1 Å². The molecule has 2 amide bonds. The van der Waals surface area contributed by atoms with Crippen molar-refractivity contribution in [1.29, 1.82) is 0 Å². The van der Waals surface area contributed by atoms with Gasteiger partial charge in [-0.2, -0.15) is 0 Å². The van der Waals surface area contributed by atoms with Gasteiger partial charge in [0.1, 0.15) is 4.88 Å². The van der Waals surface area contributed by atoms with E-state index in [0.717, 1.165) is 11.3 Å². The Morgan fingerprint density at radius 2 is 2.11 bits per heavy atom. The number of carbonyl (C=O) groups excluding carboxylic acids is 2. The lowest BCUT2D eigenvalue weighted by Crippen LogP contribution is -2.21. The minimum Gasteiger partial charge on any atom is -0.446 e. The molecule has 0 spiro atoms. The van der Waals surface area contributed by atoms with Gasteiger partial charge in [-0.15, -0.1) is 10.2 Å². The van der Waals surface area contributed by atoms with Gasteiger partial charge in [0.25, 0.3) is 5.91 Å². The van der Waals surface area contributed by atoms with Crippen molar-refractivity contribution >= 4 is 56.0 Å². The molecule has 148 valence electrons. The monoisotopic (exact) mass is 484 g/mol. The Bertz CT molecular complexity index is 1030. The smallest absolute Gasteiger partial charge is 0.265 e. The maximum Gasteiger partial charge on any atom is 0.265 e. The predicted molar refractivity (Wildman–Crippen MR) is 111 cm³/mol. The van der Waals surface area contributed by atoms with Crippen LogP contribution in [0.1, 0.15) is 15.4 Å². The van der Waals surface area contributed by atoms with Crippen LogP contribution >= 0.6 is 39.0 Å². The quantitative estimate of drug-likeness (QED) is 0.535. The zero-order valence-corrected chi connectivity index (χ0v) is 18.7. The number of thiazole rings is 1. The number of anilines is 1. The third-order valence-electron chi connectivity index (χ3n) is 3.60. The van der Waals surface area contributed by atoms with E-state index >= 15 is 0 Å². The van der Waals surface area contributed by atoms with Crippen LogP contribution in [-0.4, -0.2) is 56.3 Å². The minimum absolute atomic E-state index is 0.128. The summed E-state index contributed by atoms with van der Waals surface area (Å²) in [7, 11) is 5.15. The summed E-state index contributed by atoms with van der Waals surface area (Å²) in [6.07, 6.45) is 0. The number of aryl methyl sites for hydroxylation is 1. The van der Waals surface area contributed by atoms with Crippen molar-refractivity contribution in [3.05, 3.63) is 27.4 Å². The molecule has 3 heterocycles. The van der Waals surface area contributed by atoms with E-state index in [2.05, 4.69) is 36.4 Å². The average Bonchev–Trinajstić information content (AvgIpc) is 3.31. The lowest BCUT2D eigenvalue weighted by atomic mass is 10.3. The summed E-state index contributed by atoms with van der Waals surface area (Å²) < 4.78 is 7.84. The molecule has 0 atom stereocenters. The van der Waals surface area contributed by atoms with Crippen molar-refractivity contribution in [1.82, 2.24) is 24.6 Å². The molecule has 0 radical (unpaired) electrons. The Hall–Kier alpha value is -2.18. The average molecular weight is 485 g/mol. The van der Waals surface area contributed by atoms with Crippen LogP contribution in [0.5, 0.6) is 0 Å². The van der Waals surface area contributed by atoms with Crippen LogP contribution in [0.3, 0.4) is 0 Å². The second-order valence-electron chi connectivity index (χ2n) is 5.94. The number of thioether (sulfide) groups is 1. The molecule has 0 fully saturated rings. The van der Waals surface area contributed by atoms with Crippen LogP contribution in [-0.2, 0) is 11.8 Å². The maximum absolute atomic E-state index is 12.3. The molecule has 9 nitrogen and oxygen atoms in total. The van der Waals surface area contributed by atoms with Crippen LogP contribution < -0.4 is 5.32 Å². The number of aromatic nitrogens is 4. The molecule has 0 saturated carbocycles. The molecule has 1 N–H and O–H groups in total. The maximum atomic E-state index is 12.3. The van der Waals surface area contributed by atoms with Crippen LogP contribution in [0.25, 0.3) is 11.6 Å². The number of carbonyl (C=O) groups is 2. The summed E-state index contributed by atoms with van der Waals surface area (Å²) in [6, 6.07) is 3.56. The van der Waals surface area contributed by atoms with Crippen LogP contribution in [0, 0.1) is 6.92 Å². The molecule has 0 unspecified atom stereocenters. The molecule has 0 aromatic carbocycles. The van der Waals surface area contributed by atoms with Gasteiger partial charge in [0.15, 0.2) is 26.5 Å². The van der Waals surface area contributed by atoms with Crippen molar-refractivity contribution in [2.24, 2.45) is 7.05 Å². The molecule has 3 aromatic rings. The number of amides is 2. The fraction of sp³-hybridized carbons (Fsp3) is 0.312. The highest BCUT2D eigenvalue weighted by atomic mass is 79.9. The molecule has 12 heteroatoms. The third-order valence-corrected chi connectivity index (χ3v) is 6.11. The summed E-state index contributed by atoms with van der Waals surface area (Å²) in [5, 5.41) is 11.9. The Morgan fingerprint density at radius 3 is 2.75 bits per heavy atom. The van der Waals surface area contributed by atoms with Crippen molar-refractivity contribution in [3.63, 3.8) is 0 Å². The normalized spacial score (nSPS) is 10.9. The first-order chi connectivity index (χ1) is 13.3. The standard InChI is InChI=1S/C16H17BrN6O3S2/c1-8-12(14(25)22(2)3)28-15(18-8)19-11(24)7-27-16-21-20-13(23(16)4)9-5-6-10(17)26-9/h5-6H,7H2,1-4H3,(H,18,19,24). The molecular weight excluding hydrogens is 468 g/mol. The molecule has 0 aliphatic heterocycles. The van der Waals surface area contributed by atoms with E-state index in [1.165, 1.54) is 16.7 Å². The molecule has 0 saturated heterocycles. The fourth-order valence-electron chi connectivity index (χ4n) is 2.23. The predicted octanol–water partition coefficient (Wildman–Crippen LogP) is 3.04. The SMILES string of the molecule is Cc1nc(NC(=O)CSc2nnc(-c3ccc(Br)o3)n2C)sc1C(=O)N(C)C. The molecule has 3 aromatic heterocycles. The largest absolute Gasteiger partial charge is 0.446 e. The summed E-state index contributed by atoms with van der Waals surface area (Å²) in [4.78, 5) is 30.6. The third kappa shape index (κ3) is 4.45. The first-order valence-electron chi connectivity index (χ1n) is 8.03. The Labute approximate surface area is 177 Å². The number of nitrogens with zero attached hydrogens (tertiary/aromatic N) is 5. The number of rotatable bonds is 6. The molecule has 0 bridgehead atoms. The molecule has 0 aliphatic rings. The van der Waals surface area contributed by atoms with E-state index in [1.54, 1.807) is 44.8 Å². The summed E-state index contributed by atoms with van der Waals surface area (Å²) in [6.45, 7) is 1.74. The summed E-state index contributed by atoms with van der Waals surface area (Å²) in [5.41, 5.74) is 0.592. The summed E-state index contributed by atoms with van der Waals surface area (Å²) >= 11 is 5.66. The fourth-order valence-corrected chi connectivity index (χ4v) is 4.25. The van der Waals surface area contributed by atoms with Gasteiger partial charge in [0.05, 0.1) is 11.4 Å². The van der Waals surface area contributed by atoms with Gasteiger partial charge in [-0.3, -0.25) is 9.59 Å². The van der Waals surface area contributed by atoms with Crippen LogP contribution in [0.2, 0.25) is 0 Å². The van der Waals surface area contributed by atoms with E-state index in [1.807, 2.05) is 0 Å². The topological polar surface area (TPSA) is 106 Å². The van der Waals surface area contributed by atoms with E-state index < -0.39 is 0 Å². The highest BCUT2D eigenvalue weighted by molar-refractivity contribution is 9.10. The Kier molecular flexibility index (Phi) is 6.20. The number of halogens is 1. The van der Waals surface area contributed by atoms with Gasteiger partial charge in [0.2, 0.25) is 5.91 Å². The van der Waals surface area contributed by atoms with Gasteiger partial charge in [-0.1, -0.05) is 23.1 Å². The highest BCUT2D eigenvalue weighted by Crippen LogP contribution is 2.27. The van der Waals surface area contributed by atoms with Gasteiger partial charge < -0.3 is 19.2 Å². The van der Waals surface area contributed by atoms with E-state index in [9.17, 15) is 9.59 Å². The lowest BCUT2D eigenvalue weighted by Gasteiger charge is -2.07. The number of hydrogen-bond donors (Lipinski definition) is 1. The van der Waals surface area contributed by atoms with Gasteiger partial charge in [-0.05, 0) is 35.0 Å². The lowest BCUT2D eigenvalue weighted by molar-refractivity contribution is -0.113. The second kappa shape index (κ2) is 8.45. The minimum atomic E-state index is -0.243. The number of hydrogen-bond acceptors (Lipinski definition) is 8. The van der Waals surface area contributed by atoms with Gasteiger partial charge >= 0.3 is 0 Å². The van der Waals surface area contributed by atoms with E-state index in [0.29, 0.717) is 37.1 Å². The Morgan fingerprint density at radius 1 is 1.36 bits per heavy atom. The van der Waals surface area contributed by atoms with Crippen LogP contribution in [0.15, 0.2) is 26.4 Å². The molecule has 28 heavy (non-hydrogen) atoms. The second-order valence-corrected chi connectivity index (χ2v) is 8.66. The van der Waals surface area contributed by atoms with Crippen molar-refractivity contribution in [2.45, 2.75) is 12.1 Å². The summed E-state index contributed by atoms with van der Waals surface area (Å²) in [5.74, 6) is 0.892. The molecule has 3 rings (SSSR count). The number of furan rings is 1. The molecular formula is C16H17BrN6O3S2. The zero-order chi connectivity index (χ0) is 20.4. The first-order valence-corrected chi connectivity index (χ1v) is 10.6. The zero-order valence-electron chi connectivity index (χ0n) is 15.5. The van der Waals surface area contributed by atoms with Crippen molar-refractivity contribution < 1.29 is 14.0 Å². The van der Waals surface area contributed by atoms with Gasteiger partial charge in [-0.25, -0.2) is 4.98 Å². The highest BCUT2D eigenvalue weighted by Gasteiger charge is 2.19.